The fourth-order valence-electron chi connectivity index (χ4n) is 0.904. The quantitative estimate of drug-likeness (QED) is 0.379. The van der Waals surface area contributed by atoms with Crippen molar-refractivity contribution in [1.82, 2.24) is 0 Å². The van der Waals surface area contributed by atoms with Crippen LogP contribution in [0.3, 0.4) is 0 Å². The maximum absolute atomic E-state index is 11.2. The molecule has 0 radical (unpaired) electrons. The van der Waals surface area contributed by atoms with Gasteiger partial charge in [-0.2, -0.15) is 0 Å². The van der Waals surface area contributed by atoms with Crippen LogP contribution in [0.2, 0.25) is 0 Å². The van der Waals surface area contributed by atoms with Crippen LogP contribution in [0.4, 0.5) is 0 Å². The van der Waals surface area contributed by atoms with E-state index >= 15 is 0 Å². The zero-order chi connectivity index (χ0) is 12.2. The molecule has 88 valence electrons. The molecule has 3 atom stereocenters. The molecule has 0 bridgehead atoms. The van der Waals surface area contributed by atoms with Crippen LogP contribution in [0.15, 0.2) is 0 Å². The fraction of sp³-hybridized carbons (Fsp3) is 0.778. The van der Waals surface area contributed by atoms with Gasteiger partial charge in [-0.15, -0.1) is 0 Å². The van der Waals surface area contributed by atoms with Crippen molar-refractivity contribution in [2.75, 3.05) is 6.61 Å². The van der Waals surface area contributed by atoms with Crippen LogP contribution >= 0.6 is 0 Å². The van der Waals surface area contributed by atoms with Gasteiger partial charge in [0.2, 0.25) is 11.6 Å². The summed E-state index contributed by atoms with van der Waals surface area (Å²) in [6, 6.07) is 0. The molecule has 0 saturated heterocycles. The Labute approximate surface area is 87.2 Å². The van der Waals surface area contributed by atoms with Gasteiger partial charge < -0.3 is 20.4 Å². The van der Waals surface area contributed by atoms with E-state index in [4.69, 9.17) is 15.3 Å². The number of aliphatic hydroxyl groups is 4. The predicted octanol–water partition coefficient (Wildman–Crippen LogP) is -2.14. The number of Topliss-reactive ketones (excluding diaryl/α,β-unsaturated/α-hetero) is 2. The van der Waals surface area contributed by atoms with Gasteiger partial charge in [0.05, 0.1) is 6.61 Å². The summed E-state index contributed by atoms with van der Waals surface area (Å²) in [5.41, 5.74) is 0. The molecule has 0 aromatic heterocycles. The van der Waals surface area contributed by atoms with Crippen LogP contribution in [0, 0.1) is 5.92 Å². The maximum atomic E-state index is 11.2. The smallest absolute Gasteiger partial charge is 0.229 e. The minimum atomic E-state index is -2.00. The van der Waals surface area contributed by atoms with E-state index in [0.29, 0.717) is 0 Å². The summed E-state index contributed by atoms with van der Waals surface area (Å²) < 4.78 is 0. The van der Waals surface area contributed by atoms with E-state index in [9.17, 15) is 14.7 Å². The molecule has 0 saturated carbocycles. The van der Waals surface area contributed by atoms with Crippen molar-refractivity contribution in [3.05, 3.63) is 0 Å². The molecule has 0 rings (SSSR count). The molecule has 0 aliphatic rings. The second-order valence-electron chi connectivity index (χ2n) is 3.57. The Kier molecular flexibility index (Phi) is 5.59. The minimum absolute atomic E-state index is 0.592. The van der Waals surface area contributed by atoms with Crippen LogP contribution in [-0.2, 0) is 9.59 Å². The first-order valence-electron chi connectivity index (χ1n) is 4.56. The predicted molar refractivity (Wildman–Crippen MR) is 50.0 cm³/mol. The number of ketones is 2. The lowest BCUT2D eigenvalue weighted by Crippen LogP contribution is -2.46. The van der Waals surface area contributed by atoms with Gasteiger partial charge in [-0.3, -0.25) is 9.59 Å². The third kappa shape index (κ3) is 3.67. The molecule has 0 heterocycles. The average Bonchev–Trinajstić information content (AvgIpc) is 2.23. The molecule has 0 spiro atoms. The summed E-state index contributed by atoms with van der Waals surface area (Å²) >= 11 is 0. The van der Waals surface area contributed by atoms with Gasteiger partial charge in [0.15, 0.2) is 0 Å². The Bertz CT molecular complexity index is 237. The topological polar surface area (TPSA) is 115 Å². The zero-order valence-corrected chi connectivity index (χ0v) is 8.62. The molecular formula is C9H16O6. The van der Waals surface area contributed by atoms with E-state index in [1.54, 1.807) is 0 Å². The molecule has 6 nitrogen and oxygen atoms in total. The monoisotopic (exact) mass is 220 g/mol. The fourth-order valence-corrected chi connectivity index (χ4v) is 0.904. The summed E-state index contributed by atoms with van der Waals surface area (Å²) in [6.45, 7) is 2.14. The van der Waals surface area contributed by atoms with Gasteiger partial charge >= 0.3 is 0 Å². The normalized spacial score (nSPS) is 17.3. The maximum Gasteiger partial charge on any atom is 0.229 e. The average molecular weight is 220 g/mol. The van der Waals surface area contributed by atoms with Gasteiger partial charge in [0.25, 0.3) is 0 Å². The Morgan fingerprint density at radius 2 is 1.53 bits per heavy atom. The van der Waals surface area contributed by atoms with Gasteiger partial charge in [0.1, 0.15) is 18.3 Å². The molecule has 6 heteroatoms. The molecular weight excluding hydrogens is 204 g/mol. The SMILES string of the molecule is CC(C)C(=O)C(=O)C(O)C(O)C(O)CO. The highest BCUT2D eigenvalue weighted by Crippen LogP contribution is 2.05. The lowest BCUT2D eigenvalue weighted by Gasteiger charge is -2.20. The Morgan fingerprint density at radius 1 is 1.07 bits per heavy atom. The number of hydrogen-bond acceptors (Lipinski definition) is 6. The Hall–Kier alpha value is -0.820. The van der Waals surface area contributed by atoms with Crippen LogP contribution in [0.25, 0.3) is 0 Å². The molecule has 3 unspecified atom stereocenters. The van der Waals surface area contributed by atoms with Gasteiger partial charge in [-0.1, -0.05) is 13.8 Å². The lowest BCUT2D eigenvalue weighted by atomic mass is 9.96. The number of rotatable bonds is 6. The van der Waals surface area contributed by atoms with E-state index in [0.717, 1.165) is 0 Å². The molecule has 0 aromatic carbocycles. The van der Waals surface area contributed by atoms with Gasteiger partial charge in [0, 0.05) is 5.92 Å². The summed E-state index contributed by atoms with van der Waals surface area (Å²) in [7, 11) is 0. The number of aliphatic hydroxyl groups excluding tert-OH is 4. The van der Waals surface area contributed by atoms with E-state index in [-0.39, 0.29) is 0 Å². The van der Waals surface area contributed by atoms with Crippen molar-refractivity contribution in [2.45, 2.75) is 32.2 Å². The molecule has 0 amide bonds. The molecule has 15 heavy (non-hydrogen) atoms. The van der Waals surface area contributed by atoms with E-state index in [1.807, 2.05) is 0 Å². The summed E-state index contributed by atoms with van der Waals surface area (Å²) in [5, 5.41) is 35.8. The highest BCUT2D eigenvalue weighted by Gasteiger charge is 2.34. The number of carbonyl (C=O) groups excluding carboxylic acids is 2. The number of carbonyl (C=O) groups is 2. The van der Waals surface area contributed by atoms with Crippen molar-refractivity contribution in [1.29, 1.82) is 0 Å². The summed E-state index contributed by atoms with van der Waals surface area (Å²) in [6.07, 6.45) is -5.50. The lowest BCUT2D eigenvalue weighted by molar-refractivity contribution is -0.151. The highest BCUT2D eigenvalue weighted by molar-refractivity contribution is 6.39. The first kappa shape index (κ1) is 14.2. The van der Waals surface area contributed by atoms with E-state index in [2.05, 4.69) is 0 Å². The second kappa shape index (κ2) is 5.92. The van der Waals surface area contributed by atoms with Gasteiger partial charge in [-0.25, -0.2) is 0 Å². The summed E-state index contributed by atoms with van der Waals surface area (Å²) in [4.78, 5) is 22.3. The molecule has 0 aliphatic carbocycles. The van der Waals surface area contributed by atoms with Crippen LogP contribution in [-0.4, -0.2) is 56.9 Å². The Balaban J connectivity index is 4.51. The largest absolute Gasteiger partial charge is 0.394 e. The minimum Gasteiger partial charge on any atom is -0.394 e. The molecule has 0 fully saturated rings. The van der Waals surface area contributed by atoms with Crippen molar-refractivity contribution >= 4 is 11.6 Å². The highest BCUT2D eigenvalue weighted by atomic mass is 16.4. The van der Waals surface area contributed by atoms with Gasteiger partial charge in [-0.05, 0) is 0 Å². The van der Waals surface area contributed by atoms with Crippen molar-refractivity contribution in [3.63, 3.8) is 0 Å². The van der Waals surface area contributed by atoms with E-state index < -0.39 is 42.4 Å². The van der Waals surface area contributed by atoms with Crippen LogP contribution in [0.1, 0.15) is 13.8 Å². The standard InChI is InChI=1S/C9H16O6/c1-4(2)6(12)8(14)9(15)7(13)5(11)3-10/h4-5,7,9-11,13,15H,3H2,1-2H3. The first-order valence-corrected chi connectivity index (χ1v) is 4.56. The van der Waals surface area contributed by atoms with E-state index in [1.165, 1.54) is 13.8 Å². The first-order chi connectivity index (χ1) is 6.82. The Morgan fingerprint density at radius 3 is 1.87 bits per heavy atom. The zero-order valence-electron chi connectivity index (χ0n) is 8.62. The van der Waals surface area contributed by atoms with Crippen molar-refractivity contribution < 1.29 is 30.0 Å². The third-order valence-corrected chi connectivity index (χ3v) is 1.94. The van der Waals surface area contributed by atoms with Crippen LogP contribution < -0.4 is 0 Å². The second-order valence-corrected chi connectivity index (χ2v) is 3.57. The molecule has 0 aliphatic heterocycles. The number of hydrogen-bond donors (Lipinski definition) is 4. The molecule has 4 N–H and O–H groups in total. The summed E-state index contributed by atoms with van der Waals surface area (Å²) in [5.74, 6) is -2.58. The van der Waals surface area contributed by atoms with Crippen molar-refractivity contribution in [2.24, 2.45) is 5.92 Å². The van der Waals surface area contributed by atoms with Crippen LogP contribution in [0.5, 0.6) is 0 Å². The third-order valence-electron chi connectivity index (χ3n) is 1.94. The molecule has 0 aromatic rings. The van der Waals surface area contributed by atoms with Crippen molar-refractivity contribution in [3.8, 4) is 0 Å².